The Morgan fingerprint density at radius 2 is 1.79 bits per heavy atom. The summed E-state index contributed by atoms with van der Waals surface area (Å²) in [6, 6.07) is 22.1. The number of ether oxygens (including phenoxy) is 1. The minimum atomic E-state index is -0.359. The summed E-state index contributed by atoms with van der Waals surface area (Å²) >= 11 is 1.27. The summed E-state index contributed by atoms with van der Waals surface area (Å²) in [6.45, 7) is 1.09. The zero-order valence-electron chi connectivity index (χ0n) is 18.1. The molecule has 0 saturated heterocycles. The number of rotatable bonds is 8. The minimum absolute atomic E-state index is 0.102. The quantitative estimate of drug-likeness (QED) is 0.338. The lowest BCUT2D eigenvalue weighted by Crippen LogP contribution is -2.23. The maximum Gasteiger partial charge on any atom is 0.262 e. The highest BCUT2D eigenvalue weighted by Gasteiger charge is 2.21. The lowest BCUT2D eigenvalue weighted by Gasteiger charge is -2.10. The zero-order valence-corrected chi connectivity index (χ0v) is 19.0. The van der Waals surface area contributed by atoms with Crippen LogP contribution >= 0.6 is 11.3 Å². The molecule has 0 unspecified atom stereocenters. The highest BCUT2D eigenvalue weighted by molar-refractivity contribution is 7.21. The summed E-state index contributed by atoms with van der Waals surface area (Å²) in [5.74, 6) is 0.0527. The van der Waals surface area contributed by atoms with Crippen LogP contribution in [0.1, 0.15) is 26.4 Å². The lowest BCUT2D eigenvalue weighted by molar-refractivity contribution is 0.0953. The van der Waals surface area contributed by atoms with Gasteiger partial charge in [-0.3, -0.25) is 4.79 Å². The van der Waals surface area contributed by atoms with Crippen LogP contribution in [-0.2, 0) is 19.7 Å². The maximum atomic E-state index is 14.7. The molecule has 0 bridgehead atoms. The number of hydrogen-bond donors (Lipinski definition) is 1. The van der Waals surface area contributed by atoms with Gasteiger partial charge >= 0.3 is 0 Å². The fraction of sp³-hybridized carbons (Fsp3) is 0.115. The van der Waals surface area contributed by atoms with Gasteiger partial charge in [0.05, 0.1) is 11.4 Å². The number of benzene rings is 3. The van der Waals surface area contributed by atoms with E-state index in [1.54, 1.807) is 17.1 Å². The Morgan fingerprint density at radius 1 is 1.00 bits per heavy atom. The molecule has 0 aliphatic rings. The summed E-state index contributed by atoms with van der Waals surface area (Å²) in [6.07, 6.45) is 3.17. The van der Waals surface area contributed by atoms with Gasteiger partial charge in [0.15, 0.2) is 0 Å². The van der Waals surface area contributed by atoms with Crippen LogP contribution < -0.4 is 10.1 Å². The summed E-state index contributed by atoms with van der Waals surface area (Å²) in [4.78, 5) is 17.5. The average Bonchev–Trinajstić information content (AvgIpc) is 3.51. The summed E-state index contributed by atoms with van der Waals surface area (Å²) in [7, 11) is 0. The van der Waals surface area contributed by atoms with Crippen molar-refractivity contribution in [3.8, 4) is 5.75 Å². The van der Waals surface area contributed by atoms with E-state index in [2.05, 4.69) is 15.4 Å². The van der Waals surface area contributed by atoms with Gasteiger partial charge in [0.1, 0.15) is 30.8 Å². The molecule has 1 amide bonds. The molecule has 0 atom stereocenters. The van der Waals surface area contributed by atoms with E-state index >= 15 is 0 Å². The molecule has 5 rings (SSSR count). The minimum Gasteiger partial charge on any atom is -0.489 e. The van der Waals surface area contributed by atoms with Gasteiger partial charge in [0.2, 0.25) is 0 Å². The third kappa shape index (κ3) is 4.82. The molecule has 8 heteroatoms. The number of para-hydroxylation sites is 1. The molecule has 2 heterocycles. The Balaban J connectivity index is 1.32. The fourth-order valence-corrected chi connectivity index (χ4v) is 4.83. The second kappa shape index (κ2) is 9.84. The van der Waals surface area contributed by atoms with Crippen molar-refractivity contribution in [1.82, 2.24) is 20.1 Å². The number of hydrogen-bond acceptors (Lipinski definition) is 5. The molecule has 1 N–H and O–H groups in total. The van der Waals surface area contributed by atoms with Gasteiger partial charge in [0.25, 0.3) is 5.91 Å². The number of carbonyl (C=O) groups excluding carboxylic acids is 1. The van der Waals surface area contributed by atoms with Gasteiger partial charge < -0.3 is 10.1 Å². The highest BCUT2D eigenvalue weighted by atomic mass is 32.1. The fourth-order valence-electron chi connectivity index (χ4n) is 3.69. The third-order valence-electron chi connectivity index (χ3n) is 5.38. The van der Waals surface area contributed by atoms with E-state index in [4.69, 9.17) is 4.74 Å². The molecule has 6 nitrogen and oxygen atoms in total. The second-order valence-corrected chi connectivity index (χ2v) is 8.77. The van der Waals surface area contributed by atoms with Gasteiger partial charge in [-0.05, 0) is 35.4 Å². The Morgan fingerprint density at radius 3 is 2.56 bits per heavy atom. The van der Waals surface area contributed by atoms with Crippen LogP contribution in [0.15, 0.2) is 85.5 Å². The van der Waals surface area contributed by atoms with E-state index < -0.39 is 0 Å². The molecular weight excluding hydrogens is 451 g/mol. The Kier molecular flexibility index (Phi) is 6.31. The van der Waals surface area contributed by atoms with Crippen molar-refractivity contribution in [2.45, 2.75) is 19.7 Å². The molecule has 0 saturated carbocycles. The predicted octanol–water partition coefficient (Wildman–Crippen LogP) is 5.19. The van der Waals surface area contributed by atoms with Crippen molar-refractivity contribution in [2.75, 3.05) is 0 Å². The van der Waals surface area contributed by atoms with Gasteiger partial charge in [-0.15, -0.1) is 11.3 Å². The lowest BCUT2D eigenvalue weighted by atomic mass is 10.1. The van der Waals surface area contributed by atoms with Crippen molar-refractivity contribution in [3.05, 3.63) is 113 Å². The second-order valence-electron chi connectivity index (χ2n) is 7.72. The van der Waals surface area contributed by atoms with Crippen LogP contribution in [-0.4, -0.2) is 20.7 Å². The molecule has 0 aliphatic carbocycles. The van der Waals surface area contributed by atoms with Crippen LogP contribution in [0.4, 0.5) is 4.39 Å². The first kappa shape index (κ1) is 21.8. The van der Waals surface area contributed by atoms with Crippen LogP contribution in [0.3, 0.4) is 0 Å². The molecule has 34 heavy (non-hydrogen) atoms. The zero-order chi connectivity index (χ0) is 23.3. The topological polar surface area (TPSA) is 69.0 Å². The van der Waals surface area contributed by atoms with E-state index in [9.17, 15) is 9.18 Å². The van der Waals surface area contributed by atoms with E-state index in [0.29, 0.717) is 39.4 Å². The highest BCUT2D eigenvalue weighted by Crippen LogP contribution is 2.34. The first-order valence-electron chi connectivity index (χ1n) is 10.7. The molecule has 0 fully saturated rings. The number of carbonyl (C=O) groups is 1. The van der Waals surface area contributed by atoms with Crippen molar-refractivity contribution in [2.24, 2.45) is 0 Å². The number of halogens is 1. The van der Waals surface area contributed by atoms with Crippen LogP contribution in [0, 0.1) is 5.82 Å². The smallest absolute Gasteiger partial charge is 0.262 e. The molecule has 5 aromatic rings. The van der Waals surface area contributed by atoms with Crippen molar-refractivity contribution >= 4 is 27.3 Å². The number of thiophene rings is 1. The maximum absolute atomic E-state index is 14.7. The molecule has 170 valence electrons. The number of nitrogens with one attached hydrogen (secondary N) is 1. The normalized spacial score (nSPS) is 11.0. The Bertz CT molecular complexity index is 1400. The molecular formula is C26H21FN4O2S. The van der Waals surface area contributed by atoms with Gasteiger partial charge in [-0.1, -0.05) is 48.5 Å². The van der Waals surface area contributed by atoms with Crippen LogP contribution in [0.5, 0.6) is 5.75 Å². The van der Waals surface area contributed by atoms with Crippen molar-refractivity contribution < 1.29 is 13.9 Å². The van der Waals surface area contributed by atoms with Gasteiger partial charge in [-0.25, -0.2) is 14.1 Å². The molecule has 0 spiro atoms. The predicted molar refractivity (Wildman–Crippen MR) is 129 cm³/mol. The Labute approximate surface area is 199 Å². The number of fused-ring (bicyclic) bond motifs is 1. The van der Waals surface area contributed by atoms with Gasteiger partial charge in [0, 0.05) is 22.2 Å². The molecule has 3 aromatic carbocycles. The summed E-state index contributed by atoms with van der Waals surface area (Å²) in [5, 5.41) is 7.51. The van der Waals surface area contributed by atoms with E-state index in [-0.39, 0.29) is 18.3 Å². The summed E-state index contributed by atoms with van der Waals surface area (Å²) < 4.78 is 23.0. The standard InChI is InChI=1S/C26H21FN4O2S/c27-22-7-4-8-23-24(22)21(15-33-20-5-2-1-3-6-20)25(34-23)26(32)29-13-18-9-11-19(12-10-18)14-31-17-28-16-30-31/h1-12,16-17H,13-15H2,(H,29,32). The van der Waals surface area contributed by atoms with E-state index in [0.717, 1.165) is 11.1 Å². The SMILES string of the molecule is O=C(NCc1ccc(Cn2cncn2)cc1)c1sc2cccc(F)c2c1COc1ccccc1. The van der Waals surface area contributed by atoms with Gasteiger partial charge in [-0.2, -0.15) is 5.10 Å². The monoisotopic (exact) mass is 472 g/mol. The van der Waals surface area contributed by atoms with Crippen molar-refractivity contribution in [1.29, 1.82) is 0 Å². The summed E-state index contributed by atoms with van der Waals surface area (Å²) in [5.41, 5.74) is 2.61. The third-order valence-corrected chi connectivity index (χ3v) is 6.58. The molecule has 0 radical (unpaired) electrons. The van der Waals surface area contributed by atoms with Crippen LogP contribution in [0.25, 0.3) is 10.1 Å². The number of aromatic nitrogens is 3. The number of nitrogens with zero attached hydrogens (tertiary/aromatic N) is 3. The number of amides is 1. The first-order chi connectivity index (χ1) is 16.7. The molecule has 2 aromatic heterocycles. The average molecular weight is 473 g/mol. The largest absolute Gasteiger partial charge is 0.489 e. The van der Waals surface area contributed by atoms with Crippen molar-refractivity contribution in [3.63, 3.8) is 0 Å². The Hall–Kier alpha value is -4.04. The molecule has 0 aliphatic heterocycles. The van der Waals surface area contributed by atoms with E-state index in [1.807, 2.05) is 60.7 Å². The van der Waals surface area contributed by atoms with E-state index in [1.165, 1.54) is 23.7 Å². The van der Waals surface area contributed by atoms with Crippen LogP contribution in [0.2, 0.25) is 0 Å². The first-order valence-corrected chi connectivity index (χ1v) is 11.5.